The molecular formula is C15H11F2N. The Labute approximate surface area is 104 Å². The van der Waals surface area contributed by atoms with E-state index in [-0.39, 0.29) is 5.56 Å². The fraction of sp³-hybridized carbons (Fsp3) is 0.133. The first-order valence-electron chi connectivity index (χ1n) is 5.77. The Morgan fingerprint density at radius 1 is 1.06 bits per heavy atom. The third-order valence-corrected chi connectivity index (χ3v) is 3.15. The van der Waals surface area contributed by atoms with Crippen LogP contribution in [0.4, 0.5) is 8.78 Å². The Morgan fingerprint density at radius 3 is 2.50 bits per heavy atom. The number of nitrogens with zero attached hydrogens (tertiary/aromatic N) is 1. The lowest BCUT2D eigenvalue weighted by molar-refractivity contribution is 0.151. The molecule has 18 heavy (non-hydrogen) atoms. The molecule has 0 saturated carbocycles. The fourth-order valence-corrected chi connectivity index (χ4v) is 2.18. The molecule has 1 aliphatic rings. The Morgan fingerprint density at radius 2 is 1.83 bits per heavy atom. The number of pyridine rings is 1. The van der Waals surface area contributed by atoms with E-state index in [0.29, 0.717) is 0 Å². The molecule has 3 heteroatoms. The average Bonchev–Trinajstić information content (AvgIpc) is 2.82. The summed E-state index contributed by atoms with van der Waals surface area (Å²) in [4.78, 5) is 4.28. The molecule has 1 heterocycles. The summed E-state index contributed by atoms with van der Waals surface area (Å²) in [6.45, 7) is 0. The second-order valence-electron chi connectivity index (χ2n) is 4.32. The standard InChI is InChI=1S/C15H11F2N/c16-15(17)11-5-3-10(4-6-11)13-8-12-2-1-7-18-14(12)9-13/h1-7,9,15H,8H2. The van der Waals surface area contributed by atoms with Crippen LogP contribution in [0.25, 0.3) is 11.6 Å². The van der Waals surface area contributed by atoms with E-state index in [9.17, 15) is 8.78 Å². The Balaban J connectivity index is 1.90. The van der Waals surface area contributed by atoms with Gasteiger partial charge in [-0.3, -0.25) is 4.98 Å². The number of halogens is 2. The Hall–Kier alpha value is -2.03. The van der Waals surface area contributed by atoms with Gasteiger partial charge in [-0.2, -0.15) is 0 Å². The zero-order valence-corrected chi connectivity index (χ0v) is 9.61. The number of rotatable bonds is 2. The van der Waals surface area contributed by atoms with Gasteiger partial charge in [-0.1, -0.05) is 30.3 Å². The summed E-state index contributed by atoms with van der Waals surface area (Å²) >= 11 is 0. The SMILES string of the molecule is FC(F)c1ccc(C2=Cc3ncccc3C2)cc1. The minimum absolute atomic E-state index is 0.0630. The largest absolute Gasteiger partial charge is 0.263 e. The van der Waals surface area contributed by atoms with E-state index in [1.807, 2.05) is 18.2 Å². The molecule has 3 rings (SSSR count). The predicted molar refractivity (Wildman–Crippen MR) is 67.2 cm³/mol. The molecule has 0 fully saturated rings. The van der Waals surface area contributed by atoms with E-state index in [1.54, 1.807) is 18.3 Å². The second kappa shape index (κ2) is 4.33. The first-order valence-corrected chi connectivity index (χ1v) is 5.77. The lowest BCUT2D eigenvalue weighted by atomic mass is 10.0. The van der Waals surface area contributed by atoms with Gasteiger partial charge < -0.3 is 0 Å². The molecule has 1 aromatic heterocycles. The number of hydrogen-bond acceptors (Lipinski definition) is 1. The summed E-state index contributed by atoms with van der Waals surface area (Å²) in [5.74, 6) is 0. The minimum Gasteiger partial charge on any atom is -0.257 e. The number of benzene rings is 1. The smallest absolute Gasteiger partial charge is 0.257 e. The van der Waals surface area contributed by atoms with Crippen molar-refractivity contribution in [3.8, 4) is 0 Å². The zero-order chi connectivity index (χ0) is 12.5. The van der Waals surface area contributed by atoms with Crippen LogP contribution < -0.4 is 0 Å². The maximum atomic E-state index is 12.5. The lowest BCUT2D eigenvalue weighted by Gasteiger charge is -2.04. The predicted octanol–water partition coefficient (Wildman–Crippen LogP) is 4.12. The molecule has 0 aliphatic heterocycles. The van der Waals surface area contributed by atoms with E-state index in [0.717, 1.165) is 23.3 Å². The van der Waals surface area contributed by atoms with Crippen molar-refractivity contribution in [1.82, 2.24) is 4.98 Å². The van der Waals surface area contributed by atoms with Crippen LogP contribution in [0, 0.1) is 0 Å². The molecule has 1 nitrogen and oxygen atoms in total. The highest BCUT2D eigenvalue weighted by Crippen LogP contribution is 2.31. The van der Waals surface area contributed by atoms with Crippen LogP contribution in [0.5, 0.6) is 0 Å². The topological polar surface area (TPSA) is 12.9 Å². The van der Waals surface area contributed by atoms with Crippen molar-refractivity contribution in [2.75, 3.05) is 0 Å². The molecule has 0 bridgehead atoms. The molecule has 2 aromatic rings. The molecule has 0 unspecified atom stereocenters. The number of hydrogen-bond donors (Lipinski definition) is 0. The summed E-state index contributed by atoms with van der Waals surface area (Å²) in [5.41, 5.74) is 4.34. The van der Waals surface area contributed by atoms with Gasteiger partial charge in [0.05, 0.1) is 5.69 Å². The maximum absolute atomic E-state index is 12.5. The van der Waals surface area contributed by atoms with Crippen LogP contribution in [0.1, 0.15) is 28.8 Å². The van der Waals surface area contributed by atoms with E-state index in [4.69, 9.17) is 0 Å². The van der Waals surface area contributed by atoms with E-state index < -0.39 is 6.43 Å². The summed E-state index contributed by atoms with van der Waals surface area (Å²) in [5, 5.41) is 0. The highest BCUT2D eigenvalue weighted by atomic mass is 19.3. The molecule has 0 amide bonds. The third-order valence-electron chi connectivity index (χ3n) is 3.15. The van der Waals surface area contributed by atoms with Gasteiger partial charge in [-0.05, 0) is 28.8 Å². The fourth-order valence-electron chi connectivity index (χ4n) is 2.18. The van der Waals surface area contributed by atoms with Crippen molar-refractivity contribution in [3.05, 3.63) is 65.0 Å². The number of alkyl halides is 2. The van der Waals surface area contributed by atoms with Crippen LogP contribution >= 0.6 is 0 Å². The van der Waals surface area contributed by atoms with Gasteiger partial charge in [-0.15, -0.1) is 0 Å². The molecule has 0 saturated heterocycles. The summed E-state index contributed by atoms with van der Waals surface area (Å²) in [6, 6.07) is 10.4. The molecule has 0 radical (unpaired) electrons. The van der Waals surface area contributed by atoms with Gasteiger partial charge in [0.2, 0.25) is 0 Å². The molecule has 1 aromatic carbocycles. The van der Waals surface area contributed by atoms with E-state index >= 15 is 0 Å². The van der Waals surface area contributed by atoms with Crippen molar-refractivity contribution in [2.45, 2.75) is 12.8 Å². The second-order valence-corrected chi connectivity index (χ2v) is 4.32. The third kappa shape index (κ3) is 1.92. The summed E-state index contributed by atoms with van der Waals surface area (Å²) in [6.07, 6.45) is 2.19. The molecular weight excluding hydrogens is 232 g/mol. The quantitative estimate of drug-likeness (QED) is 0.773. The Bertz CT molecular complexity index is 600. The van der Waals surface area contributed by atoms with E-state index in [1.165, 1.54) is 17.7 Å². The molecule has 0 spiro atoms. The van der Waals surface area contributed by atoms with Gasteiger partial charge in [0.25, 0.3) is 6.43 Å². The van der Waals surface area contributed by atoms with Crippen molar-refractivity contribution in [1.29, 1.82) is 0 Å². The Kier molecular flexibility index (Phi) is 2.67. The summed E-state index contributed by atoms with van der Waals surface area (Å²) < 4.78 is 24.9. The monoisotopic (exact) mass is 243 g/mol. The van der Waals surface area contributed by atoms with Gasteiger partial charge in [0.1, 0.15) is 0 Å². The van der Waals surface area contributed by atoms with Gasteiger partial charge in [-0.25, -0.2) is 8.78 Å². The molecule has 0 N–H and O–H groups in total. The van der Waals surface area contributed by atoms with Crippen molar-refractivity contribution >= 4 is 11.6 Å². The first-order chi connectivity index (χ1) is 8.74. The van der Waals surface area contributed by atoms with Crippen molar-refractivity contribution < 1.29 is 8.78 Å². The van der Waals surface area contributed by atoms with Gasteiger partial charge in [0.15, 0.2) is 0 Å². The van der Waals surface area contributed by atoms with Crippen molar-refractivity contribution in [3.63, 3.8) is 0 Å². The average molecular weight is 243 g/mol. The molecule has 0 atom stereocenters. The van der Waals surface area contributed by atoms with Crippen LogP contribution in [0.15, 0.2) is 42.6 Å². The normalized spacial score (nSPS) is 13.6. The minimum atomic E-state index is -2.41. The lowest BCUT2D eigenvalue weighted by Crippen LogP contribution is -1.88. The summed E-state index contributed by atoms with van der Waals surface area (Å²) in [7, 11) is 0. The van der Waals surface area contributed by atoms with Crippen LogP contribution in [-0.4, -0.2) is 4.98 Å². The first kappa shape index (κ1) is 11.1. The van der Waals surface area contributed by atoms with Gasteiger partial charge in [0, 0.05) is 18.2 Å². The molecule has 90 valence electrons. The van der Waals surface area contributed by atoms with Crippen LogP contribution in [-0.2, 0) is 6.42 Å². The highest BCUT2D eigenvalue weighted by Gasteiger charge is 2.15. The van der Waals surface area contributed by atoms with Crippen molar-refractivity contribution in [2.24, 2.45) is 0 Å². The molecule has 1 aliphatic carbocycles. The number of fused-ring (bicyclic) bond motifs is 1. The van der Waals surface area contributed by atoms with Gasteiger partial charge >= 0.3 is 0 Å². The van der Waals surface area contributed by atoms with Crippen LogP contribution in [0.3, 0.4) is 0 Å². The number of allylic oxidation sites excluding steroid dienone is 1. The van der Waals surface area contributed by atoms with Crippen LogP contribution in [0.2, 0.25) is 0 Å². The van der Waals surface area contributed by atoms with E-state index in [2.05, 4.69) is 4.98 Å². The maximum Gasteiger partial charge on any atom is 0.263 e. The zero-order valence-electron chi connectivity index (χ0n) is 9.61. The highest BCUT2D eigenvalue weighted by molar-refractivity contribution is 5.87. The number of aromatic nitrogens is 1.